The van der Waals surface area contributed by atoms with Gasteiger partial charge in [0.1, 0.15) is 5.75 Å². The van der Waals surface area contributed by atoms with Crippen molar-refractivity contribution in [2.75, 3.05) is 14.2 Å². The SMILES string of the molecule is COc1cnc(OC)c2ccccc12. The quantitative estimate of drug-likeness (QED) is 0.726. The van der Waals surface area contributed by atoms with Crippen LogP contribution in [0.25, 0.3) is 10.8 Å². The predicted octanol–water partition coefficient (Wildman–Crippen LogP) is 2.25. The van der Waals surface area contributed by atoms with Gasteiger partial charge in [-0.2, -0.15) is 0 Å². The van der Waals surface area contributed by atoms with Crippen LogP contribution in [-0.2, 0) is 0 Å². The molecule has 0 N–H and O–H groups in total. The number of fused-ring (bicyclic) bond motifs is 1. The molecule has 0 aliphatic heterocycles. The zero-order chi connectivity index (χ0) is 9.97. The lowest BCUT2D eigenvalue weighted by Crippen LogP contribution is -1.92. The number of methoxy groups -OCH3 is 2. The first-order chi connectivity index (χ1) is 6.86. The molecule has 2 aromatic rings. The Balaban J connectivity index is 2.78. The Morgan fingerprint density at radius 1 is 1.00 bits per heavy atom. The topological polar surface area (TPSA) is 31.4 Å². The molecule has 0 radical (unpaired) electrons. The Hall–Kier alpha value is -1.77. The monoisotopic (exact) mass is 189 g/mol. The summed E-state index contributed by atoms with van der Waals surface area (Å²) in [6.45, 7) is 0. The number of aromatic nitrogens is 1. The first-order valence-electron chi connectivity index (χ1n) is 4.32. The van der Waals surface area contributed by atoms with E-state index in [2.05, 4.69) is 4.98 Å². The smallest absolute Gasteiger partial charge is 0.221 e. The van der Waals surface area contributed by atoms with Crippen LogP contribution in [0, 0.1) is 0 Å². The van der Waals surface area contributed by atoms with Crippen molar-refractivity contribution in [3.05, 3.63) is 30.5 Å². The van der Waals surface area contributed by atoms with Crippen LogP contribution < -0.4 is 9.47 Å². The molecule has 3 nitrogen and oxygen atoms in total. The normalized spacial score (nSPS) is 10.1. The third-order valence-corrected chi connectivity index (χ3v) is 2.14. The zero-order valence-corrected chi connectivity index (χ0v) is 8.15. The lowest BCUT2D eigenvalue weighted by Gasteiger charge is -2.07. The van der Waals surface area contributed by atoms with Crippen molar-refractivity contribution < 1.29 is 9.47 Å². The van der Waals surface area contributed by atoms with Crippen LogP contribution in [0.4, 0.5) is 0 Å². The Bertz CT molecular complexity index is 411. The van der Waals surface area contributed by atoms with Gasteiger partial charge in [-0.3, -0.25) is 0 Å². The summed E-state index contributed by atoms with van der Waals surface area (Å²) in [5.41, 5.74) is 0. The standard InChI is InChI=1S/C11H11NO2/c1-13-10-7-12-11(14-2)9-6-4-3-5-8(9)10/h3-7H,1-2H3. The highest BCUT2D eigenvalue weighted by molar-refractivity contribution is 5.91. The number of benzene rings is 1. The molecule has 14 heavy (non-hydrogen) atoms. The minimum atomic E-state index is 0.626. The van der Waals surface area contributed by atoms with Crippen molar-refractivity contribution in [2.24, 2.45) is 0 Å². The summed E-state index contributed by atoms with van der Waals surface area (Å²) in [6.07, 6.45) is 1.67. The molecular formula is C11H11NO2. The first kappa shape index (κ1) is 8.81. The summed E-state index contributed by atoms with van der Waals surface area (Å²) >= 11 is 0. The first-order valence-corrected chi connectivity index (χ1v) is 4.32. The van der Waals surface area contributed by atoms with Crippen LogP contribution in [0.3, 0.4) is 0 Å². The molecule has 1 heterocycles. The maximum atomic E-state index is 5.21. The molecule has 0 saturated carbocycles. The fraction of sp³-hybridized carbons (Fsp3) is 0.182. The Labute approximate surface area is 82.3 Å². The van der Waals surface area contributed by atoms with Gasteiger partial charge >= 0.3 is 0 Å². The van der Waals surface area contributed by atoms with Crippen molar-refractivity contribution >= 4 is 10.8 Å². The fourth-order valence-electron chi connectivity index (χ4n) is 1.47. The van der Waals surface area contributed by atoms with Gasteiger partial charge in [-0.05, 0) is 6.07 Å². The van der Waals surface area contributed by atoms with E-state index in [-0.39, 0.29) is 0 Å². The van der Waals surface area contributed by atoms with Gasteiger partial charge in [-0.1, -0.05) is 18.2 Å². The Morgan fingerprint density at radius 2 is 1.71 bits per heavy atom. The number of hydrogen-bond acceptors (Lipinski definition) is 3. The summed E-state index contributed by atoms with van der Waals surface area (Å²) in [6, 6.07) is 7.86. The van der Waals surface area contributed by atoms with Crippen molar-refractivity contribution in [3.8, 4) is 11.6 Å². The van der Waals surface area contributed by atoms with E-state index < -0.39 is 0 Å². The van der Waals surface area contributed by atoms with Crippen LogP contribution in [0.1, 0.15) is 0 Å². The number of rotatable bonds is 2. The van der Waals surface area contributed by atoms with E-state index in [1.54, 1.807) is 20.4 Å². The van der Waals surface area contributed by atoms with E-state index >= 15 is 0 Å². The van der Waals surface area contributed by atoms with E-state index in [1.807, 2.05) is 24.3 Å². The van der Waals surface area contributed by atoms with Crippen LogP contribution in [0.15, 0.2) is 30.5 Å². The third kappa shape index (κ3) is 1.27. The summed E-state index contributed by atoms with van der Waals surface area (Å²) in [5, 5.41) is 1.98. The lowest BCUT2D eigenvalue weighted by atomic mass is 10.1. The van der Waals surface area contributed by atoms with Crippen molar-refractivity contribution in [2.45, 2.75) is 0 Å². The van der Waals surface area contributed by atoms with Gasteiger partial charge in [0, 0.05) is 10.8 Å². The Kier molecular flexibility index (Phi) is 2.23. The Morgan fingerprint density at radius 3 is 2.36 bits per heavy atom. The molecule has 0 amide bonds. The van der Waals surface area contributed by atoms with E-state index in [9.17, 15) is 0 Å². The summed E-state index contributed by atoms with van der Waals surface area (Å²) < 4.78 is 10.4. The van der Waals surface area contributed by atoms with Gasteiger partial charge in [0.2, 0.25) is 5.88 Å². The van der Waals surface area contributed by atoms with Gasteiger partial charge in [0.05, 0.1) is 20.4 Å². The molecule has 1 aromatic heterocycles. The largest absolute Gasteiger partial charge is 0.494 e. The molecule has 0 bridgehead atoms. The molecule has 1 aromatic carbocycles. The lowest BCUT2D eigenvalue weighted by molar-refractivity contribution is 0.395. The van der Waals surface area contributed by atoms with E-state index in [0.717, 1.165) is 16.5 Å². The van der Waals surface area contributed by atoms with Gasteiger partial charge in [-0.25, -0.2) is 4.98 Å². The highest BCUT2D eigenvalue weighted by Gasteiger charge is 2.06. The van der Waals surface area contributed by atoms with Crippen LogP contribution >= 0.6 is 0 Å². The van der Waals surface area contributed by atoms with Crippen molar-refractivity contribution in [1.29, 1.82) is 0 Å². The molecule has 0 aliphatic carbocycles. The molecular weight excluding hydrogens is 178 g/mol. The van der Waals surface area contributed by atoms with Crippen molar-refractivity contribution in [1.82, 2.24) is 4.98 Å². The van der Waals surface area contributed by atoms with E-state index in [1.165, 1.54) is 0 Å². The molecule has 2 rings (SSSR count). The van der Waals surface area contributed by atoms with Crippen molar-refractivity contribution in [3.63, 3.8) is 0 Å². The van der Waals surface area contributed by atoms with Crippen LogP contribution in [0.2, 0.25) is 0 Å². The van der Waals surface area contributed by atoms with Crippen LogP contribution in [-0.4, -0.2) is 19.2 Å². The molecule has 0 saturated heterocycles. The highest BCUT2D eigenvalue weighted by atomic mass is 16.5. The maximum Gasteiger partial charge on any atom is 0.221 e. The number of nitrogens with zero attached hydrogens (tertiary/aromatic N) is 1. The molecule has 0 atom stereocenters. The van der Waals surface area contributed by atoms with E-state index in [4.69, 9.17) is 9.47 Å². The van der Waals surface area contributed by atoms with E-state index in [0.29, 0.717) is 5.88 Å². The second kappa shape index (κ2) is 3.54. The maximum absolute atomic E-state index is 5.21. The number of pyridine rings is 1. The molecule has 72 valence electrons. The molecule has 0 spiro atoms. The molecule has 0 fully saturated rings. The predicted molar refractivity (Wildman–Crippen MR) is 54.8 cm³/mol. The van der Waals surface area contributed by atoms with Crippen LogP contribution in [0.5, 0.6) is 11.6 Å². The van der Waals surface area contributed by atoms with Gasteiger partial charge in [0.15, 0.2) is 0 Å². The minimum Gasteiger partial charge on any atom is -0.494 e. The summed E-state index contributed by atoms with van der Waals surface area (Å²) in [5.74, 6) is 1.39. The summed E-state index contributed by atoms with van der Waals surface area (Å²) in [4.78, 5) is 4.15. The van der Waals surface area contributed by atoms with Gasteiger partial charge in [0.25, 0.3) is 0 Å². The second-order valence-electron chi connectivity index (χ2n) is 2.88. The molecule has 0 aliphatic rings. The minimum absolute atomic E-state index is 0.626. The zero-order valence-electron chi connectivity index (χ0n) is 8.15. The second-order valence-corrected chi connectivity index (χ2v) is 2.88. The molecule has 0 unspecified atom stereocenters. The summed E-state index contributed by atoms with van der Waals surface area (Å²) in [7, 11) is 3.25. The fourth-order valence-corrected chi connectivity index (χ4v) is 1.47. The van der Waals surface area contributed by atoms with Gasteiger partial charge in [-0.15, -0.1) is 0 Å². The molecule has 3 heteroatoms. The highest BCUT2D eigenvalue weighted by Crippen LogP contribution is 2.29. The third-order valence-electron chi connectivity index (χ3n) is 2.14. The number of ether oxygens (including phenoxy) is 2. The average Bonchev–Trinajstić information content (AvgIpc) is 2.27. The van der Waals surface area contributed by atoms with Gasteiger partial charge < -0.3 is 9.47 Å². The number of hydrogen-bond donors (Lipinski definition) is 0. The average molecular weight is 189 g/mol.